The lowest BCUT2D eigenvalue weighted by Crippen LogP contribution is -2.11. The van der Waals surface area contributed by atoms with Gasteiger partial charge in [-0.1, -0.05) is 53.2 Å². The van der Waals surface area contributed by atoms with Gasteiger partial charge in [0.15, 0.2) is 0 Å². The molecule has 0 unspecified atom stereocenters. The first-order chi connectivity index (χ1) is 11.5. The molecule has 0 aromatic carbocycles. The van der Waals surface area contributed by atoms with Crippen molar-refractivity contribution in [3.05, 3.63) is 0 Å². The lowest BCUT2D eigenvalue weighted by atomic mass is 9.95. The summed E-state index contributed by atoms with van der Waals surface area (Å²) in [6, 6.07) is 0. The molecule has 0 aliphatic heterocycles. The molecule has 0 heterocycles. The molecular formula is C16H30N4O4. The molecule has 0 aliphatic rings. The number of hydrogen-bond donors (Lipinski definition) is 4. The van der Waals surface area contributed by atoms with Crippen LogP contribution in [0.25, 0.3) is 0 Å². The first-order valence-corrected chi connectivity index (χ1v) is 8.30. The molecule has 0 radical (unpaired) electrons. The number of oxime groups is 4. The van der Waals surface area contributed by atoms with Crippen LogP contribution in [0.3, 0.4) is 0 Å². The standard InChI is InChI=1S/C16H30N4O4/c1-12(8-4-6-10-15(19-23)13(2)17-21)9-5-7-11-16(20-24)14(3)18-22/h12,21-24H,4-11H2,1-3H3. The Balaban J connectivity index is 3.87. The first kappa shape index (κ1) is 21.9. The number of nitrogens with zero attached hydrogens (tertiary/aromatic N) is 4. The Labute approximate surface area is 143 Å². The molecule has 0 aromatic heterocycles. The highest BCUT2D eigenvalue weighted by Crippen LogP contribution is 2.17. The average molecular weight is 342 g/mol. The van der Waals surface area contributed by atoms with E-state index in [0.717, 1.165) is 38.5 Å². The molecule has 0 amide bonds. The highest BCUT2D eigenvalue weighted by Gasteiger charge is 2.08. The van der Waals surface area contributed by atoms with Crippen LogP contribution in [-0.4, -0.2) is 43.7 Å². The second-order valence-corrected chi connectivity index (χ2v) is 6.06. The van der Waals surface area contributed by atoms with Gasteiger partial charge >= 0.3 is 0 Å². The minimum absolute atomic E-state index is 0.341. The van der Waals surface area contributed by atoms with Gasteiger partial charge in [0.1, 0.15) is 22.8 Å². The summed E-state index contributed by atoms with van der Waals surface area (Å²) in [5.74, 6) is 0.578. The van der Waals surface area contributed by atoms with Crippen molar-refractivity contribution >= 4 is 22.8 Å². The molecule has 8 nitrogen and oxygen atoms in total. The molecule has 0 atom stereocenters. The summed E-state index contributed by atoms with van der Waals surface area (Å²) in [4.78, 5) is 0. The minimum atomic E-state index is 0.341. The van der Waals surface area contributed by atoms with E-state index in [0.29, 0.717) is 41.6 Å². The molecule has 0 aromatic rings. The van der Waals surface area contributed by atoms with Crippen molar-refractivity contribution in [3.63, 3.8) is 0 Å². The lowest BCUT2D eigenvalue weighted by molar-refractivity contribution is 0.312. The summed E-state index contributed by atoms with van der Waals surface area (Å²) in [5, 5.41) is 47.4. The SMILES string of the molecule is CC(=NO)C(CCCCC(C)CCCCC(=NO)C(C)=NO)=NO. The molecule has 0 aliphatic carbocycles. The molecule has 0 saturated carbocycles. The van der Waals surface area contributed by atoms with Crippen molar-refractivity contribution in [2.24, 2.45) is 26.5 Å². The van der Waals surface area contributed by atoms with Crippen molar-refractivity contribution in [2.75, 3.05) is 0 Å². The van der Waals surface area contributed by atoms with E-state index in [2.05, 4.69) is 27.5 Å². The highest BCUT2D eigenvalue weighted by atomic mass is 16.4. The second kappa shape index (κ2) is 13.3. The van der Waals surface area contributed by atoms with Gasteiger partial charge in [-0.3, -0.25) is 0 Å². The van der Waals surface area contributed by atoms with Crippen LogP contribution >= 0.6 is 0 Å². The summed E-state index contributed by atoms with van der Waals surface area (Å²) in [7, 11) is 0. The number of rotatable bonds is 12. The van der Waals surface area contributed by atoms with Gasteiger partial charge < -0.3 is 20.8 Å². The van der Waals surface area contributed by atoms with Crippen LogP contribution in [0.5, 0.6) is 0 Å². The molecule has 0 bridgehead atoms. The molecule has 0 spiro atoms. The number of unbranched alkanes of at least 4 members (excludes halogenated alkanes) is 2. The smallest absolute Gasteiger partial charge is 0.104 e. The van der Waals surface area contributed by atoms with E-state index in [1.807, 2.05) is 0 Å². The van der Waals surface area contributed by atoms with Crippen LogP contribution in [0, 0.1) is 5.92 Å². The lowest BCUT2D eigenvalue weighted by Gasteiger charge is -2.11. The molecule has 138 valence electrons. The summed E-state index contributed by atoms with van der Waals surface area (Å²) >= 11 is 0. The van der Waals surface area contributed by atoms with E-state index < -0.39 is 0 Å². The third-order valence-corrected chi connectivity index (χ3v) is 4.10. The van der Waals surface area contributed by atoms with Gasteiger partial charge in [-0.25, -0.2) is 0 Å². The Morgan fingerprint density at radius 2 is 1.04 bits per heavy atom. The van der Waals surface area contributed by atoms with Gasteiger partial charge in [0.05, 0.1) is 0 Å². The topological polar surface area (TPSA) is 130 Å². The van der Waals surface area contributed by atoms with E-state index in [4.69, 9.17) is 20.8 Å². The maximum atomic E-state index is 8.85. The number of hydrogen-bond acceptors (Lipinski definition) is 8. The predicted molar refractivity (Wildman–Crippen MR) is 94.3 cm³/mol. The zero-order valence-electron chi connectivity index (χ0n) is 14.8. The third-order valence-electron chi connectivity index (χ3n) is 4.10. The monoisotopic (exact) mass is 342 g/mol. The zero-order valence-corrected chi connectivity index (χ0v) is 14.8. The summed E-state index contributed by atoms with van der Waals surface area (Å²) in [6.07, 6.45) is 7.12. The molecule has 4 N–H and O–H groups in total. The first-order valence-electron chi connectivity index (χ1n) is 8.30. The summed E-state index contributed by atoms with van der Waals surface area (Å²) < 4.78 is 0. The Morgan fingerprint density at radius 1 is 0.667 bits per heavy atom. The zero-order chi connectivity index (χ0) is 18.4. The fraction of sp³-hybridized carbons (Fsp3) is 0.750. The maximum absolute atomic E-state index is 8.85. The average Bonchev–Trinajstić information content (AvgIpc) is 2.60. The van der Waals surface area contributed by atoms with Gasteiger partial charge in [0, 0.05) is 0 Å². The van der Waals surface area contributed by atoms with E-state index in [1.54, 1.807) is 13.8 Å². The molecule has 0 saturated heterocycles. The van der Waals surface area contributed by atoms with Gasteiger partial charge in [-0.15, -0.1) is 0 Å². The Hall–Kier alpha value is -2.12. The van der Waals surface area contributed by atoms with E-state index >= 15 is 0 Å². The predicted octanol–water partition coefficient (Wildman–Crippen LogP) is 4.10. The van der Waals surface area contributed by atoms with Crippen molar-refractivity contribution in [3.8, 4) is 0 Å². The van der Waals surface area contributed by atoms with Crippen molar-refractivity contribution < 1.29 is 20.8 Å². The molecule has 0 fully saturated rings. The van der Waals surface area contributed by atoms with Crippen molar-refractivity contribution in [1.82, 2.24) is 0 Å². The second-order valence-electron chi connectivity index (χ2n) is 6.06. The maximum Gasteiger partial charge on any atom is 0.104 e. The normalized spacial score (nSPS) is 15.6. The van der Waals surface area contributed by atoms with Crippen LogP contribution < -0.4 is 0 Å². The molecular weight excluding hydrogens is 312 g/mol. The van der Waals surface area contributed by atoms with Crippen LogP contribution in [0.1, 0.15) is 72.1 Å². The van der Waals surface area contributed by atoms with Gasteiger partial charge in [0.25, 0.3) is 0 Å². The van der Waals surface area contributed by atoms with Crippen LogP contribution in [0.15, 0.2) is 20.6 Å². The van der Waals surface area contributed by atoms with Gasteiger partial charge in [0.2, 0.25) is 0 Å². The quantitative estimate of drug-likeness (QED) is 0.184. The highest BCUT2D eigenvalue weighted by molar-refractivity contribution is 6.41. The molecule has 8 heteroatoms. The van der Waals surface area contributed by atoms with Crippen LogP contribution in [0.2, 0.25) is 0 Å². The van der Waals surface area contributed by atoms with Gasteiger partial charge in [-0.05, 0) is 45.4 Å². The molecule has 0 rings (SSSR count). The largest absolute Gasteiger partial charge is 0.411 e. The fourth-order valence-electron chi connectivity index (χ4n) is 2.44. The Bertz CT molecular complexity index is 431. The van der Waals surface area contributed by atoms with Crippen molar-refractivity contribution in [2.45, 2.75) is 72.1 Å². The third kappa shape index (κ3) is 9.12. The van der Waals surface area contributed by atoms with E-state index in [9.17, 15) is 0 Å². The summed E-state index contributed by atoms with van der Waals surface area (Å²) in [6.45, 7) is 5.40. The Morgan fingerprint density at radius 3 is 1.33 bits per heavy atom. The van der Waals surface area contributed by atoms with Crippen molar-refractivity contribution in [1.29, 1.82) is 0 Å². The van der Waals surface area contributed by atoms with Gasteiger partial charge in [-0.2, -0.15) is 0 Å². The minimum Gasteiger partial charge on any atom is -0.411 e. The van der Waals surface area contributed by atoms with Crippen LogP contribution in [0.4, 0.5) is 0 Å². The fourth-order valence-corrected chi connectivity index (χ4v) is 2.44. The van der Waals surface area contributed by atoms with E-state index in [1.165, 1.54) is 0 Å². The Kier molecular flexibility index (Phi) is 12.2. The molecule has 24 heavy (non-hydrogen) atoms. The summed E-state index contributed by atoms with van der Waals surface area (Å²) in [5.41, 5.74) is 1.52. The van der Waals surface area contributed by atoms with Crippen LogP contribution in [-0.2, 0) is 0 Å². The van der Waals surface area contributed by atoms with E-state index in [-0.39, 0.29) is 0 Å².